The van der Waals surface area contributed by atoms with E-state index in [4.69, 9.17) is 4.42 Å². The van der Waals surface area contributed by atoms with Crippen LogP contribution in [0.5, 0.6) is 0 Å². The molecular formula is C30H30N2O3. The van der Waals surface area contributed by atoms with E-state index in [1.165, 1.54) is 0 Å². The predicted octanol–water partition coefficient (Wildman–Crippen LogP) is 4.23. The van der Waals surface area contributed by atoms with Crippen molar-refractivity contribution >= 4 is 22.6 Å². The van der Waals surface area contributed by atoms with Gasteiger partial charge in [-0.2, -0.15) is 0 Å². The van der Waals surface area contributed by atoms with E-state index in [1.54, 1.807) is 12.1 Å². The highest BCUT2D eigenvalue weighted by molar-refractivity contribution is 6.07. The maximum atomic E-state index is 12.0. The van der Waals surface area contributed by atoms with Gasteiger partial charge in [0, 0.05) is 53.0 Å². The highest BCUT2D eigenvalue weighted by Crippen LogP contribution is 2.43. The van der Waals surface area contributed by atoms with Gasteiger partial charge in [-0.3, -0.25) is 0 Å². The fraction of sp³-hybridized carbons (Fsp3) is 0.333. The van der Waals surface area contributed by atoms with Crippen LogP contribution in [0.3, 0.4) is 0 Å². The fourth-order valence-corrected chi connectivity index (χ4v) is 5.77. The standard InChI is InChI=1S/C30H30N2O3/c1-29(2)15-31(16-29)19-9-11-23-25(13-19)35-26-14-20(32-17-30(3,4)18-32)10-12-24(26)27(23)21-7-5-6-8-22(21)28(33)34/h5-14H,15-18H2,1-4H3. The van der Waals surface area contributed by atoms with Crippen LogP contribution in [-0.2, 0) is 0 Å². The molecule has 35 heavy (non-hydrogen) atoms. The molecule has 2 fully saturated rings. The number of aromatic carboxylic acids is 1. The Kier molecular flexibility index (Phi) is 4.66. The molecule has 2 aromatic carbocycles. The zero-order valence-corrected chi connectivity index (χ0v) is 20.7. The van der Waals surface area contributed by atoms with Gasteiger partial charge in [0.15, 0.2) is 13.1 Å². The Morgan fingerprint density at radius 1 is 0.914 bits per heavy atom. The van der Waals surface area contributed by atoms with Crippen LogP contribution in [-0.4, -0.2) is 32.1 Å². The van der Waals surface area contributed by atoms with Gasteiger partial charge >= 0.3 is 0 Å². The molecule has 4 aliphatic rings. The summed E-state index contributed by atoms with van der Waals surface area (Å²) in [5.41, 5.74) is 5.10. The van der Waals surface area contributed by atoms with E-state index in [1.807, 2.05) is 12.1 Å². The molecule has 0 radical (unpaired) electrons. The van der Waals surface area contributed by atoms with Crippen LogP contribution >= 0.6 is 0 Å². The maximum absolute atomic E-state index is 12.0. The summed E-state index contributed by atoms with van der Waals surface area (Å²) < 4.78 is 8.87. The molecule has 2 saturated heterocycles. The molecule has 0 unspecified atom stereocenters. The molecule has 3 aliphatic heterocycles. The van der Waals surface area contributed by atoms with Gasteiger partial charge in [0.05, 0.1) is 17.5 Å². The third-order valence-electron chi connectivity index (χ3n) is 7.31. The monoisotopic (exact) mass is 466 g/mol. The lowest BCUT2D eigenvalue weighted by Crippen LogP contribution is -2.54. The van der Waals surface area contributed by atoms with Gasteiger partial charge in [-0.05, 0) is 43.0 Å². The molecule has 6 rings (SSSR count). The largest absolute Gasteiger partial charge is 0.545 e. The van der Waals surface area contributed by atoms with Crippen LogP contribution in [0.2, 0.25) is 0 Å². The van der Waals surface area contributed by atoms with Gasteiger partial charge in [0.1, 0.15) is 11.3 Å². The van der Waals surface area contributed by atoms with Crippen LogP contribution in [0.25, 0.3) is 33.4 Å². The number of nitrogens with zero attached hydrogens (tertiary/aromatic N) is 2. The van der Waals surface area contributed by atoms with Crippen molar-refractivity contribution in [1.82, 2.24) is 4.58 Å². The molecule has 5 heteroatoms. The molecule has 5 nitrogen and oxygen atoms in total. The molecule has 0 aromatic heterocycles. The van der Waals surface area contributed by atoms with Crippen LogP contribution in [0.1, 0.15) is 38.1 Å². The van der Waals surface area contributed by atoms with Crippen molar-refractivity contribution in [2.45, 2.75) is 27.7 Å². The second-order valence-corrected chi connectivity index (χ2v) is 11.7. The van der Waals surface area contributed by atoms with Crippen LogP contribution in [0, 0.1) is 10.8 Å². The van der Waals surface area contributed by atoms with Gasteiger partial charge in [-0.15, -0.1) is 0 Å². The molecule has 1 aliphatic carbocycles. The number of carbonyl (C=O) groups excluding carboxylic acids is 1. The molecule has 2 aromatic rings. The Morgan fingerprint density at radius 2 is 1.66 bits per heavy atom. The SMILES string of the molecule is CC1(C)CN(c2ccc3c(-c4ccccc4C(=O)[O-])c4ccc(=[N+]5CC(C)(C)C5)cc-4oc3c2)C1. The van der Waals surface area contributed by atoms with E-state index >= 15 is 0 Å². The number of rotatable bonds is 3. The molecule has 0 amide bonds. The van der Waals surface area contributed by atoms with Gasteiger partial charge in [0.25, 0.3) is 0 Å². The number of benzene rings is 3. The molecule has 0 saturated carbocycles. The topological polar surface area (TPSA) is 59.5 Å². The van der Waals surface area contributed by atoms with Crippen LogP contribution in [0.15, 0.2) is 65.1 Å². The van der Waals surface area contributed by atoms with E-state index in [9.17, 15) is 9.90 Å². The lowest BCUT2D eigenvalue weighted by atomic mass is 9.84. The molecular weight excluding hydrogens is 436 g/mol. The Balaban J connectivity index is 1.61. The van der Waals surface area contributed by atoms with Crippen LogP contribution in [0.4, 0.5) is 5.69 Å². The fourth-order valence-electron chi connectivity index (χ4n) is 5.77. The number of fused-ring (bicyclic) bond motifs is 2. The second kappa shape index (κ2) is 7.45. The zero-order chi connectivity index (χ0) is 24.5. The van der Waals surface area contributed by atoms with Crippen molar-refractivity contribution in [2.24, 2.45) is 10.8 Å². The zero-order valence-electron chi connectivity index (χ0n) is 20.7. The first kappa shape index (κ1) is 21.9. The average molecular weight is 467 g/mol. The Bertz CT molecular complexity index is 1530. The smallest absolute Gasteiger partial charge is 0.203 e. The van der Waals surface area contributed by atoms with E-state index in [-0.39, 0.29) is 5.56 Å². The third-order valence-corrected chi connectivity index (χ3v) is 7.31. The number of hydrogen-bond acceptors (Lipinski definition) is 4. The van der Waals surface area contributed by atoms with Crippen molar-refractivity contribution < 1.29 is 14.3 Å². The first-order chi connectivity index (χ1) is 16.6. The minimum atomic E-state index is -1.18. The number of hydrogen-bond donors (Lipinski definition) is 0. The summed E-state index contributed by atoms with van der Waals surface area (Å²) >= 11 is 0. The van der Waals surface area contributed by atoms with Crippen molar-refractivity contribution in [1.29, 1.82) is 0 Å². The normalized spacial score (nSPS) is 18.4. The van der Waals surface area contributed by atoms with Crippen molar-refractivity contribution in [3.05, 3.63) is 71.6 Å². The summed E-state index contributed by atoms with van der Waals surface area (Å²) in [5.74, 6) is -0.425. The highest BCUT2D eigenvalue weighted by atomic mass is 16.4. The number of carboxylic acid groups (broad SMARTS) is 1. The Labute approximate surface area is 205 Å². The molecule has 178 valence electrons. The minimum absolute atomic E-state index is 0.184. The summed E-state index contributed by atoms with van der Waals surface area (Å²) in [6, 6.07) is 19.6. The van der Waals surface area contributed by atoms with Crippen molar-refractivity contribution in [3.63, 3.8) is 0 Å². The summed E-state index contributed by atoms with van der Waals surface area (Å²) in [6.45, 7) is 13.1. The van der Waals surface area contributed by atoms with Crippen molar-refractivity contribution in [3.8, 4) is 22.5 Å². The van der Waals surface area contributed by atoms with Crippen molar-refractivity contribution in [2.75, 3.05) is 31.1 Å². The first-order valence-corrected chi connectivity index (χ1v) is 12.2. The number of carbonyl (C=O) groups is 1. The second-order valence-electron chi connectivity index (χ2n) is 11.7. The van der Waals surface area contributed by atoms with E-state index < -0.39 is 5.97 Å². The Hall–Kier alpha value is -3.60. The average Bonchev–Trinajstić information content (AvgIpc) is 2.78. The first-order valence-electron chi connectivity index (χ1n) is 12.2. The molecule has 0 N–H and O–H groups in total. The van der Waals surface area contributed by atoms with Gasteiger partial charge in [-0.25, -0.2) is 4.58 Å². The van der Waals surface area contributed by atoms with Crippen LogP contribution < -0.4 is 19.9 Å². The summed E-state index contributed by atoms with van der Waals surface area (Å²) in [5, 5.41) is 14.0. The number of anilines is 1. The summed E-state index contributed by atoms with van der Waals surface area (Å²) in [6.07, 6.45) is 0. The van der Waals surface area contributed by atoms with E-state index in [2.05, 4.69) is 73.6 Å². The third kappa shape index (κ3) is 3.70. The lowest BCUT2D eigenvalue weighted by molar-refractivity contribution is -0.254. The quantitative estimate of drug-likeness (QED) is 0.335. The molecule has 0 bridgehead atoms. The summed E-state index contributed by atoms with van der Waals surface area (Å²) in [7, 11) is 0. The molecule has 0 atom stereocenters. The minimum Gasteiger partial charge on any atom is -0.545 e. The number of carboxylic acids is 1. The highest BCUT2D eigenvalue weighted by Gasteiger charge is 2.39. The molecule has 0 spiro atoms. The molecule has 3 heterocycles. The Morgan fingerprint density at radius 3 is 2.34 bits per heavy atom. The predicted molar refractivity (Wildman–Crippen MR) is 137 cm³/mol. The van der Waals surface area contributed by atoms with E-state index in [0.29, 0.717) is 16.4 Å². The van der Waals surface area contributed by atoms with E-state index in [0.717, 1.165) is 65.1 Å². The van der Waals surface area contributed by atoms with Gasteiger partial charge in [-0.1, -0.05) is 38.1 Å². The van der Waals surface area contributed by atoms with Gasteiger partial charge < -0.3 is 19.2 Å². The summed E-state index contributed by atoms with van der Waals surface area (Å²) in [4.78, 5) is 14.4. The van der Waals surface area contributed by atoms with Gasteiger partial charge in [0.2, 0.25) is 5.36 Å². The maximum Gasteiger partial charge on any atom is 0.203 e. The lowest BCUT2D eigenvalue weighted by Gasteiger charge is -2.47.